The summed E-state index contributed by atoms with van der Waals surface area (Å²) in [5.74, 6) is -1.16. The predicted molar refractivity (Wildman–Crippen MR) is 115 cm³/mol. The van der Waals surface area contributed by atoms with Crippen molar-refractivity contribution in [3.05, 3.63) is 53.8 Å². The number of primary sulfonamides is 1. The molecule has 1 amide bonds. The van der Waals surface area contributed by atoms with E-state index in [-0.39, 0.29) is 35.1 Å². The predicted octanol–water partition coefficient (Wildman–Crippen LogP) is -0.578. The van der Waals surface area contributed by atoms with E-state index in [1.165, 1.54) is 42.3 Å². The van der Waals surface area contributed by atoms with Gasteiger partial charge in [-0.15, -0.1) is 4.40 Å². The van der Waals surface area contributed by atoms with Gasteiger partial charge in [-0.05, 0) is 43.2 Å². The minimum atomic E-state index is -3.76. The molecule has 2 heterocycles. The molecule has 1 unspecified atom stereocenters. The number of fused-ring (bicyclic) bond motifs is 1. The number of sulfonamides is 2. The molecule has 1 aromatic carbocycles. The molecule has 3 N–H and O–H groups in total. The number of benzene rings is 1. The number of amidine groups is 1. The number of nitrogens with zero attached hydrogens (tertiary/aromatic N) is 2. The molecule has 3 rings (SSSR count). The van der Waals surface area contributed by atoms with Crippen molar-refractivity contribution in [1.82, 2.24) is 10.2 Å². The van der Waals surface area contributed by atoms with Gasteiger partial charge in [0.2, 0.25) is 10.0 Å². The van der Waals surface area contributed by atoms with Crippen LogP contribution in [0.15, 0.2) is 57.5 Å². The van der Waals surface area contributed by atoms with E-state index in [0.29, 0.717) is 6.42 Å². The lowest BCUT2D eigenvalue weighted by atomic mass is 10.1. The fourth-order valence-corrected chi connectivity index (χ4v) is 4.41. The van der Waals surface area contributed by atoms with Gasteiger partial charge in [-0.2, -0.15) is 0 Å². The van der Waals surface area contributed by atoms with E-state index in [4.69, 9.17) is 9.88 Å². The maximum absolute atomic E-state index is 12.4. The molecule has 13 heteroatoms. The molecule has 1 atom stereocenters. The van der Waals surface area contributed by atoms with E-state index in [1.54, 1.807) is 12.1 Å². The van der Waals surface area contributed by atoms with Crippen LogP contribution in [0.1, 0.15) is 12.5 Å². The third-order valence-corrected chi connectivity index (χ3v) is 6.77. The molecule has 0 saturated carbocycles. The third-order valence-electron chi connectivity index (χ3n) is 4.68. The van der Waals surface area contributed by atoms with Crippen LogP contribution in [0.3, 0.4) is 0 Å². The first-order valence-corrected chi connectivity index (χ1v) is 12.7. The first-order chi connectivity index (χ1) is 14.9. The fraction of sp³-hybridized carbons (Fsp3) is 0.316. The number of hydrogen-bond donors (Lipinski definition) is 2. The molecule has 0 fully saturated rings. The summed E-state index contributed by atoms with van der Waals surface area (Å²) in [5, 5.41) is 7.70. The highest BCUT2D eigenvalue weighted by Crippen LogP contribution is 2.17. The zero-order chi connectivity index (χ0) is 23.5. The van der Waals surface area contributed by atoms with Crippen LogP contribution >= 0.6 is 0 Å². The lowest BCUT2D eigenvalue weighted by Crippen LogP contribution is -2.39. The van der Waals surface area contributed by atoms with Crippen molar-refractivity contribution in [2.75, 3.05) is 18.8 Å². The second-order valence-corrected chi connectivity index (χ2v) is 10.4. The summed E-state index contributed by atoms with van der Waals surface area (Å²) >= 11 is 0. The molecule has 0 aliphatic carbocycles. The molecule has 0 saturated heterocycles. The summed E-state index contributed by atoms with van der Waals surface area (Å²) in [7, 11) is -7.26. The van der Waals surface area contributed by atoms with Crippen molar-refractivity contribution >= 4 is 37.8 Å². The largest absolute Gasteiger partial charge is 0.449 e. The van der Waals surface area contributed by atoms with Crippen LogP contribution in [0.25, 0.3) is 0 Å². The van der Waals surface area contributed by atoms with Gasteiger partial charge >= 0.3 is 5.97 Å². The molecule has 0 spiro atoms. The van der Waals surface area contributed by atoms with E-state index >= 15 is 0 Å². The average molecular weight is 483 g/mol. The van der Waals surface area contributed by atoms with Gasteiger partial charge in [0.15, 0.2) is 6.10 Å². The SMILES string of the molecule is CC(OC(=O)C1=CN2CCS(=O)(=O)N=C2C=C1)C(=O)NCCc1ccc(S(N)(=O)=O)cc1. The minimum absolute atomic E-state index is 0.00135. The van der Waals surface area contributed by atoms with Crippen LogP contribution in [-0.4, -0.2) is 64.4 Å². The number of nitrogens with one attached hydrogen (secondary N) is 1. The van der Waals surface area contributed by atoms with Gasteiger partial charge in [-0.25, -0.2) is 26.8 Å². The van der Waals surface area contributed by atoms with E-state index in [9.17, 15) is 26.4 Å². The first kappa shape index (κ1) is 23.6. The minimum Gasteiger partial charge on any atom is -0.449 e. The summed E-state index contributed by atoms with van der Waals surface area (Å²) < 4.78 is 54.4. The summed E-state index contributed by atoms with van der Waals surface area (Å²) in [4.78, 5) is 26.1. The number of carbonyl (C=O) groups excluding carboxylic acids is 2. The van der Waals surface area contributed by atoms with Crippen LogP contribution in [0.4, 0.5) is 0 Å². The zero-order valence-electron chi connectivity index (χ0n) is 17.1. The molecule has 1 aromatic rings. The van der Waals surface area contributed by atoms with Gasteiger partial charge in [0.05, 0.1) is 16.2 Å². The van der Waals surface area contributed by atoms with Crippen LogP contribution in [-0.2, 0) is 40.8 Å². The van der Waals surface area contributed by atoms with E-state index in [2.05, 4.69) is 9.71 Å². The zero-order valence-corrected chi connectivity index (χ0v) is 18.7. The van der Waals surface area contributed by atoms with Gasteiger partial charge in [0.1, 0.15) is 5.84 Å². The standard InChI is InChI=1S/C19H22N4O7S2/c1-13(18(24)21-9-8-14-2-5-16(6-3-14)32(20,28)29)30-19(25)15-4-7-17-22-31(26,27)11-10-23(17)12-15/h2-7,12-13H,8-11H2,1H3,(H,21,24)(H2,20,28,29). The van der Waals surface area contributed by atoms with Crippen molar-refractivity contribution < 1.29 is 31.2 Å². The highest BCUT2D eigenvalue weighted by Gasteiger charge is 2.26. The lowest BCUT2D eigenvalue weighted by Gasteiger charge is -2.27. The van der Waals surface area contributed by atoms with Crippen molar-refractivity contribution in [2.24, 2.45) is 9.54 Å². The maximum Gasteiger partial charge on any atom is 0.340 e. The number of carbonyl (C=O) groups is 2. The topological polar surface area (TPSA) is 165 Å². The fourth-order valence-electron chi connectivity index (χ4n) is 2.92. The monoisotopic (exact) mass is 482 g/mol. The highest BCUT2D eigenvalue weighted by molar-refractivity contribution is 7.90. The van der Waals surface area contributed by atoms with Crippen molar-refractivity contribution in [3.63, 3.8) is 0 Å². The molecule has 0 radical (unpaired) electrons. The molecular formula is C19H22N4O7S2. The van der Waals surface area contributed by atoms with Gasteiger partial charge in [-0.3, -0.25) is 4.79 Å². The molecule has 2 aliphatic rings. The number of hydrogen-bond acceptors (Lipinski definition) is 8. The van der Waals surface area contributed by atoms with E-state index in [1.807, 2.05) is 0 Å². The van der Waals surface area contributed by atoms with Crippen LogP contribution in [0.2, 0.25) is 0 Å². The number of nitrogens with two attached hydrogens (primary N) is 1. The molecule has 0 bridgehead atoms. The summed E-state index contributed by atoms with van der Waals surface area (Å²) in [6.45, 7) is 1.85. The van der Waals surface area contributed by atoms with Crippen molar-refractivity contribution in [2.45, 2.75) is 24.3 Å². The Morgan fingerprint density at radius 3 is 2.59 bits per heavy atom. The van der Waals surface area contributed by atoms with E-state index in [0.717, 1.165) is 5.56 Å². The Hall–Kier alpha value is -3.03. The second-order valence-electron chi connectivity index (χ2n) is 7.12. The Bertz CT molecular complexity index is 1220. The van der Waals surface area contributed by atoms with Gasteiger partial charge in [0.25, 0.3) is 15.9 Å². The Labute approximate surface area is 185 Å². The second kappa shape index (κ2) is 9.22. The van der Waals surface area contributed by atoms with Gasteiger partial charge in [-0.1, -0.05) is 12.1 Å². The molecule has 172 valence electrons. The summed E-state index contributed by atoms with van der Waals surface area (Å²) in [6, 6.07) is 5.97. The van der Waals surface area contributed by atoms with Crippen LogP contribution in [0, 0.1) is 0 Å². The molecule has 32 heavy (non-hydrogen) atoms. The van der Waals surface area contributed by atoms with Crippen LogP contribution < -0.4 is 10.5 Å². The quantitative estimate of drug-likeness (QED) is 0.487. The third kappa shape index (κ3) is 6.02. The number of amides is 1. The highest BCUT2D eigenvalue weighted by atomic mass is 32.2. The lowest BCUT2D eigenvalue weighted by molar-refractivity contribution is -0.150. The number of esters is 1. The Kier molecular flexibility index (Phi) is 6.81. The molecular weight excluding hydrogens is 460 g/mol. The van der Waals surface area contributed by atoms with E-state index < -0.39 is 38.0 Å². The molecule has 2 aliphatic heterocycles. The molecule has 0 aromatic heterocycles. The Morgan fingerprint density at radius 1 is 1.25 bits per heavy atom. The Balaban J connectivity index is 1.49. The number of ether oxygens (including phenoxy) is 1. The van der Waals surface area contributed by atoms with Crippen LogP contribution in [0.5, 0.6) is 0 Å². The van der Waals surface area contributed by atoms with Crippen molar-refractivity contribution in [3.8, 4) is 0 Å². The normalized spacial score (nSPS) is 18.1. The number of rotatable bonds is 7. The maximum atomic E-state index is 12.4. The Morgan fingerprint density at radius 2 is 1.94 bits per heavy atom. The smallest absolute Gasteiger partial charge is 0.340 e. The average Bonchev–Trinajstić information content (AvgIpc) is 2.72. The van der Waals surface area contributed by atoms with Gasteiger partial charge in [0, 0.05) is 19.3 Å². The summed E-state index contributed by atoms with van der Waals surface area (Å²) in [5.41, 5.74) is 0.957. The first-order valence-electron chi connectivity index (χ1n) is 9.54. The molecule has 11 nitrogen and oxygen atoms in total. The van der Waals surface area contributed by atoms with Gasteiger partial charge < -0.3 is 15.0 Å². The summed E-state index contributed by atoms with van der Waals surface area (Å²) in [6.07, 6.45) is 3.60. The van der Waals surface area contributed by atoms with Crippen molar-refractivity contribution in [1.29, 1.82) is 0 Å².